The van der Waals surface area contributed by atoms with Gasteiger partial charge in [-0.1, -0.05) is 41.6 Å². The molecule has 4 nitrogen and oxygen atoms in total. The van der Waals surface area contributed by atoms with Gasteiger partial charge in [-0.2, -0.15) is 0 Å². The summed E-state index contributed by atoms with van der Waals surface area (Å²) < 4.78 is 5.99. The number of nitrogens with zero attached hydrogens (tertiary/aromatic N) is 1. The molecule has 1 N–H and O–H groups in total. The number of fused-ring (bicyclic) bond motifs is 1. The Morgan fingerprint density at radius 2 is 1.95 bits per heavy atom. The second-order valence-corrected chi connectivity index (χ2v) is 5.22. The Kier molecular flexibility index (Phi) is 3.28. The van der Waals surface area contributed by atoms with Crippen LogP contribution in [0.3, 0.4) is 0 Å². The number of halogens is 1. The zero-order valence-corrected chi connectivity index (χ0v) is 11.9. The van der Waals surface area contributed by atoms with E-state index in [1.807, 2.05) is 42.5 Å². The summed E-state index contributed by atoms with van der Waals surface area (Å²) in [4.78, 5) is 10.9. The van der Waals surface area contributed by atoms with Gasteiger partial charge >= 0.3 is 5.97 Å². The fourth-order valence-electron chi connectivity index (χ4n) is 2.20. The van der Waals surface area contributed by atoms with Crippen LogP contribution in [0, 0.1) is 0 Å². The lowest BCUT2D eigenvalue weighted by Gasteiger charge is -2.04. The molecule has 1 aromatic heterocycles. The number of carboxylic acid groups (broad SMARTS) is 1. The quantitative estimate of drug-likeness (QED) is 0.790. The maximum Gasteiger partial charge on any atom is 0.311 e. The summed E-state index contributed by atoms with van der Waals surface area (Å²) in [6.45, 7) is 0. The number of aromatic nitrogens is 1. The van der Waals surface area contributed by atoms with E-state index in [2.05, 4.69) is 21.1 Å². The Morgan fingerprint density at radius 1 is 1.20 bits per heavy atom. The summed E-state index contributed by atoms with van der Waals surface area (Å²) in [7, 11) is 0. The van der Waals surface area contributed by atoms with E-state index >= 15 is 0 Å². The maximum atomic E-state index is 10.9. The molecule has 20 heavy (non-hydrogen) atoms. The zero-order valence-electron chi connectivity index (χ0n) is 10.3. The first-order chi connectivity index (χ1) is 9.66. The van der Waals surface area contributed by atoms with Crippen LogP contribution in [0.25, 0.3) is 22.0 Å². The molecule has 0 bridgehead atoms. The van der Waals surface area contributed by atoms with Crippen molar-refractivity contribution in [1.82, 2.24) is 5.16 Å². The predicted octanol–water partition coefficient (Wildman–Crippen LogP) is 3.88. The van der Waals surface area contributed by atoms with Crippen molar-refractivity contribution in [3.8, 4) is 11.1 Å². The van der Waals surface area contributed by atoms with E-state index in [4.69, 9.17) is 9.63 Å². The number of carbonyl (C=O) groups is 1. The van der Waals surface area contributed by atoms with Gasteiger partial charge < -0.3 is 9.63 Å². The molecule has 100 valence electrons. The normalized spacial score (nSPS) is 10.8. The number of benzene rings is 2. The second-order valence-electron chi connectivity index (χ2n) is 4.36. The van der Waals surface area contributed by atoms with Crippen LogP contribution in [0.15, 0.2) is 51.5 Å². The van der Waals surface area contributed by atoms with E-state index < -0.39 is 5.97 Å². The zero-order chi connectivity index (χ0) is 14.1. The summed E-state index contributed by atoms with van der Waals surface area (Å²) in [5, 5.41) is 13.7. The maximum absolute atomic E-state index is 10.9. The molecule has 2 aromatic carbocycles. The van der Waals surface area contributed by atoms with Gasteiger partial charge in [0.25, 0.3) is 0 Å². The topological polar surface area (TPSA) is 63.3 Å². The van der Waals surface area contributed by atoms with Gasteiger partial charge in [-0.15, -0.1) is 0 Å². The number of rotatable bonds is 3. The fraction of sp³-hybridized carbons (Fsp3) is 0.0667. The lowest BCUT2D eigenvalue weighted by atomic mass is 9.99. The number of aliphatic carboxylic acids is 1. The van der Waals surface area contributed by atoms with Gasteiger partial charge in [0.1, 0.15) is 11.9 Å². The van der Waals surface area contributed by atoms with Crippen LogP contribution < -0.4 is 0 Å². The average molecular weight is 332 g/mol. The van der Waals surface area contributed by atoms with Crippen LogP contribution in [-0.2, 0) is 11.2 Å². The van der Waals surface area contributed by atoms with Crippen LogP contribution >= 0.6 is 15.9 Å². The molecular weight excluding hydrogens is 322 g/mol. The molecule has 0 aliphatic carbocycles. The first kappa shape index (κ1) is 12.9. The number of carboxylic acids is 1. The van der Waals surface area contributed by atoms with E-state index in [1.54, 1.807) is 0 Å². The molecule has 0 unspecified atom stereocenters. The van der Waals surface area contributed by atoms with Gasteiger partial charge in [-0.05, 0) is 33.1 Å². The van der Waals surface area contributed by atoms with Crippen molar-refractivity contribution < 1.29 is 14.4 Å². The third-order valence-electron chi connectivity index (χ3n) is 3.05. The van der Waals surface area contributed by atoms with Gasteiger partial charge in [0.2, 0.25) is 0 Å². The Labute approximate surface area is 123 Å². The molecule has 3 rings (SSSR count). The Hall–Kier alpha value is -2.14. The van der Waals surface area contributed by atoms with Crippen LogP contribution in [0.1, 0.15) is 5.76 Å². The summed E-state index contributed by atoms with van der Waals surface area (Å²) in [6, 6.07) is 13.6. The Morgan fingerprint density at radius 3 is 2.65 bits per heavy atom. The fourth-order valence-corrected chi connectivity index (χ4v) is 2.60. The molecule has 0 radical (unpaired) electrons. The largest absolute Gasteiger partial charge is 0.481 e. The highest BCUT2D eigenvalue weighted by atomic mass is 79.9. The molecule has 0 saturated heterocycles. The van der Waals surface area contributed by atoms with Crippen LogP contribution in [-0.4, -0.2) is 16.2 Å². The SMILES string of the molecule is O=C(O)Cc1onc2c(Br)ccc(-c3ccccc3)c12. The molecule has 3 aromatic rings. The molecule has 0 amide bonds. The van der Waals surface area contributed by atoms with E-state index in [1.165, 1.54) is 0 Å². The molecule has 0 aliphatic heterocycles. The van der Waals surface area contributed by atoms with Crippen LogP contribution in [0.4, 0.5) is 0 Å². The van der Waals surface area contributed by atoms with Gasteiger partial charge in [-0.3, -0.25) is 4.79 Å². The standard InChI is InChI=1S/C15H10BrNO3/c16-11-7-6-10(9-4-2-1-3-5-9)14-12(8-13(18)19)20-17-15(11)14/h1-7H,8H2,(H,18,19). The Balaban J connectivity index is 2.29. The summed E-state index contributed by atoms with van der Waals surface area (Å²) in [5.41, 5.74) is 2.56. The van der Waals surface area contributed by atoms with Gasteiger partial charge in [0.05, 0.1) is 5.39 Å². The smallest absolute Gasteiger partial charge is 0.311 e. The van der Waals surface area contributed by atoms with Crippen molar-refractivity contribution in [3.63, 3.8) is 0 Å². The predicted molar refractivity (Wildman–Crippen MR) is 78.5 cm³/mol. The monoisotopic (exact) mass is 331 g/mol. The molecule has 0 saturated carbocycles. The van der Waals surface area contributed by atoms with Crippen molar-refractivity contribution in [2.24, 2.45) is 0 Å². The minimum atomic E-state index is -0.943. The van der Waals surface area contributed by atoms with E-state index in [9.17, 15) is 4.79 Å². The second kappa shape index (κ2) is 5.09. The van der Waals surface area contributed by atoms with Crippen LogP contribution in [0.2, 0.25) is 0 Å². The van der Waals surface area contributed by atoms with Crippen molar-refractivity contribution >= 4 is 32.8 Å². The summed E-state index contributed by atoms with van der Waals surface area (Å²) in [6.07, 6.45) is -0.188. The van der Waals surface area contributed by atoms with Gasteiger partial charge in [0, 0.05) is 4.47 Å². The first-order valence-corrected chi connectivity index (χ1v) is 6.80. The first-order valence-electron chi connectivity index (χ1n) is 6.01. The number of hydrogen-bond donors (Lipinski definition) is 1. The minimum Gasteiger partial charge on any atom is -0.481 e. The van der Waals surface area contributed by atoms with E-state index in [0.29, 0.717) is 11.3 Å². The molecular formula is C15H10BrNO3. The van der Waals surface area contributed by atoms with Crippen molar-refractivity contribution in [1.29, 1.82) is 0 Å². The minimum absolute atomic E-state index is 0.188. The average Bonchev–Trinajstić information content (AvgIpc) is 2.84. The van der Waals surface area contributed by atoms with Crippen molar-refractivity contribution in [2.75, 3.05) is 0 Å². The molecule has 0 atom stereocenters. The molecule has 0 spiro atoms. The third-order valence-corrected chi connectivity index (χ3v) is 3.69. The summed E-state index contributed by atoms with van der Waals surface area (Å²) in [5.74, 6) is -0.574. The van der Waals surface area contributed by atoms with Crippen molar-refractivity contribution in [2.45, 2.75) is 6.42 Å². The lowest BCUT2D eigenvalue weighted by molar-refractivity contribution is -0.136. The highest BCUT2D eigenvalue weighted by Crippen LogP contribution is 2.35. The highest BCUT2D eigenvalue weighted by Gasteiger charge is 2.18. The number of hydrogen-bond acceptors (Lipinski definition) is 3. The molecule has 0 aliphatic rings. The van der Waals surface area contributed by atoms with Gasteiger partial charge in [0.15, 0.2) is 5.76 Å². The van der Waals surface area contributed by atoms with Crippen LogP contribution in [0.5, 0.6) is 0 Å². The van der Waals surface area contributed by atoms with Gasteiger partial charge in [-0.25, -0.2) is 0 Å². The lowest BCUT2D eigenvalue weighted by Crippen LogP contribution is -1.99. The summed E-state index contributed by atoms with van der Waals surface area (Å²) >= 11 is 3.41. The molecule has 5 heteroatoms. The highest BCUT2D eigenvalue weighted by molar-refractivity contribution is 9.10. The third kappa shape index (κ3) is 2.20. The molecule has 0 fully saturated rings. The van der Waals surface area contributed by atoms with E-state index in [0.717, 1.165) is 21.0 Å². The Bertz CT molecular complexity index is 780. The molecule has 1 heterocycles. The van der Waals surface area contributed by atoms with E-state index in [-0.39, 0.29) is 6.42 Å². The van der Waals surface area contributed by atoms with Crippen molar-refractivity contribution in [3.05, 3.63) is 52.7 Å².